The van der Waals surface area contributed by atoms with Crippen LogP contribution >= 0.6 is 0 Å². The van der Waals surface area contributed by atoms with E-state index in [1.807, 2.05) is 86.0 Å². The monoisotopic (exact) mass is 572 g/mol. The van der Waals surface area contributed by atoms with E-state index in [1.165, 1.54) is 0 Å². The summed E-state index contributed by atoms with van der Waals surface area (Å²) >= 11 is 0. The fraction of sp³-hybridized carbons (Fsp3) is 0.152. The Bertz CT molecular complexity index is 1760. The summed E-state index contributed by atoms with van der Waals surface area (Å²) in [6.07, 6.45) is 5.83. The maximum atomic E-state index is 13.3. The van der Waals surface area contributed by atoms with Crippen LogP contribution in [0, 0.1) is 0 Å². The molecule has 6 N–H and O–H groups in total. The third-order valence-electron chi connectivity index (χ3n) is 7.56. The van der Waals surface area contributed by atoms with Crippen molar-refractivity contribution in [2.45, 2.75) is 12.5 Å². The highest BCUT2D eigenvalue weighted by Crippen LogP contribution is 2.26. The minimum absolute atomic E-state index is 0.0638. The minimum Gasteiger partial charge on any atom is -0.399 e. The summed E-state index contributed by atoms with van der Waals surface area (Å²) in [7, 11) is 1.82. The number of amides is 2. The standard InChI is InChI=1S/C33H32N8O2/c1-40-19-25(18-37-40)24-16-30(31(35)36-17-24)32(42)39-29-14-15-41(20-29)33(43)23-4-2-21(3-5-23)22-6-10-27(11-7-22)38-28-12-8-26(34)9-13-28/h2-13,16-19,29,38H,14-15,20,34H2,1H3,(H2,35,36)(H,39,42)/t29-/m1/s1. The van der Waals surface area contributed by atoms with Crippen molar-refractivity contribution >= 4 is 34.7 Å². The van der Waals surface area contributed by atoms with Crippen LogP contribution in [0.1, 0.15) is 27.1 Å². The molecule has 3 aromatic carbocycles. The van der Waals surface area contributed by atoms with Gasteiger partial charge in [-0.15, -0.1) is 0 Å². The Hall–Kier alpha value is -5.64. The molecule has 1 saturated heterocycles. The van der Waals surface area contributed by atoms with E-state index in [0.717, 1.165) is 39.3 Å². The number of benzene rings is 3. The first kappa shape index (κ1) is 27.5. The molecule has 0 radical (unpaired) electrons. The lowest BCUT2D eigenvalue weighted by Gasteiger charge is -2.18. The number of carbonyl (C=O) groups excluding carboxylic acids is 2. The summed E-state index contributed by atoms with van der Waals surface area (Å²) in [4.78, 5) is 32.3. The summed E-state index contributed by atoms with van der Waals surface area (Å²) in [6.45, 7) is 0.974. The Morgan fingerprint density at radius 2 is 1.49 bits per heavy atom. The predicted molar refractivity (Wildman–Crippen MR) is 169 cm³/mol. The number of hydrogen-bond acceptors (Lipinski definition) is 7. The molecule has 1 aliphatic rings. The quantitative estimate of drug-likeness (QED) is 0.207. The molecule has 0 unspecified atom stereocenters. The molecule has 0 bridgehead atoms. The van der Waals surface area contributed by atoms with E-state index in [0.29, 0.717) is 30.6 Å². The van der Waals surface area contributed by atoms with Crippen LogP contribution < -0.4 is 22.1 Å². The van der Waals surface area contributed by atoms with Crippen molar-refractivity contribution in [3.8, 4) is 22.3 Å². The molecule has 10 heteroatoms. The molecule has 1 fully saturated rings. The average Bonchev–Trinajstić information content (AvgIpc) is 3.68. The van der Waals surface area contributed by atoms with Gasteiger partial charge in [0.1, 0.15) is 5.82 Å². The molecule has 6 rings (SSSR count). The molecule has 2 amide bonds. The Labute approximate surface area is 249 Å². The summed E-state index contributed by atoms with van der Waals surface area (Å²) in [5.74, 6) is -0.218. The highest BCUT2D eigenvalue weighted by molar-refractivity contribution is 6.00. The van der Waals surface area contributed by atoms with Gasteiger partial charge in [0.25, 0.3) is 11.8 Å². The second-order valence-corrected chi connectivity index (χ2v) is 10.7. The van der Waals surface area contributed by atoms with Crippen LogP contribution in [0.2, 0.25) is 0 Å². The van der Waals surface area contributed by atoms with E-state index in [4.69, 9.17) is 11.5 Å². The number of aryl methyl sites for hydroxylation is 1. The Balaban J connectivity index is 1.05. The third-order valence-corrected chi connectivity index (χ3v) is 7.56. The van der Waals surface area contributed by atoms with Crippen molar-refractivity contribution in [1.29, 1.82) is 0 Å². The first-order valence-corrected chi connectivity index (χ1v) is 14.0. The maximum Gasteiger partial charge on any atom is 0.255 e. The lowest BCUT2D eigenvalue weighted by Crippen LogP contribution is -2.38. The van der Waals surface area contributed by atoms with Gasteiger partial charge >= 0.3 is 0 Å². The van der Waals surface area contributed by atoms with Gasteiger partial charge in [-0.3, -0.25) is 14.3 Å². The van der Waals surface area contributed by atoms with Crippen LogP contribution in [0.25, 0.3) is 22.3 Å². The molecule has 10 nitrogen and oxygen atoms in total. The Kier molecular flexibility index (Phi) is 7.48. The Morgan fingerprint density at radius 3 is 2.14 bits per heavy atom. The number of rotatable bonds is 7. The molecule has 0 aliphatic carbocycles. The number of carbonyl (C=O) groups is 2. The van der Waals surface area contributed by atoms with E-state index in [9.17, 15) is 9.59 Å². The van der Waals surface area contributed by atoms with Crippen molar-refractivity contribution < 1.29 is 9.59 Å². The molecule has 3 heterocycles. The van der Waals surface area contributed by atoms with Gasteiger partial charge in [0, 0.05) is 72.3 Å². The zero-order valence-corrected chi connectivity index (χ0v) is 23.7. The van der Waals surface area contributed by atoms with Crippen molar-refractivity contribution in [3.63, 3.8) is 0 Å². The summed E-state index contributed by atoms with van der Waals surface area (Å²) in [5.41, 5.74) is 19.0. The number of aromatic nitrogens is 3. The second kappa shape index (κ2) is 11.7. The lowest BCUT2D eigenvalue weighted by atomic mass is 10.0. The van der Waals surface area contributed by atoms with Crippen LogP contribution in [-0.2, 0) is 7.05 Å². The first-order chi connectivity index (χ1) is 20.8. The topological polar surface area (TPSA) is 144 Å². The molecule has 0 saturated carbocycles. The highest BCUT2D eigenvalue weighted by Gasteiger charge is 2.29. The summed E-state index contributed by atoms with van der Waals surface area (Å²) in [6, 6.07) is 24.8. The largest absolute Gasteiger partial charge is 0.399 e. The zero-order valence-electron chi connectivity index (χ0n) is 23.7. The minimum atomic E-state index is -0.311. The number of nitrogens with zero attached hydrogens (tertiary/aromatic N) is 4. The number of nitrogen functional groups attached to an aromatic ring is 2. The van der Waals surface area contributed by atoms with Gasteiger partial charge in [-0.05, 0) is 72.1 Å². The van der Waals surface area contributed by atoms with Gasteiger partial charge in [0.05, 0.1) is 11.8 Å². The van der Waals surface area contributed by atoms with Crippen LogP contribution in [0.15, 0.2) is 97.5 Å². The van der Waals surface area contributed by atoms with Gasteiger partial charge in [0.2, 0.25) is 0 Å². The van der Waals surface area contributed by atoms with Gasteiger partial charge < -0.3 is 27.0 Å². The van der Waals surface area contributed by atoms with E-state index in [1.54, 1.807) is 28.0 Å². The van der Waals surface area contributed by atoms with E-state index >= 15 is 0 Å². The number of pyridine rings is 1. The molecule has 1 aliphatic heterocycles. The van der Waals surface area contributed by atoms with E-state index < -0.39 is 0 Å². The number of likely N-dealkylation sites (tertiary alicyclic amines) is 1. The van der Waals surface area contributed by atoms with E-state index in [-0.39, 0.29) is 23.7 Å². The van der Waals surface area contributed by atoms with Crippen LogP contribution in [0.5, 0.6) is 0 Å². The van der Waals surface area contributed by atoms with Gasteiger partial charge in [-0.1, -0.05) is 24.3 Å². The first-order valence-electron chi connectivity index (χ1n) is 14.0. The second-order valence-electron chi connectivity index (χ2n) is 10.7. The zero-order chi connectivity index (χ0) is 29.9. The van der Waals surface area contributed by atoms with E-state index in [2.05, 4.69) is 20.7 Å². The lowest BCUT2D eigenvalue weighted by molar-refractivity contribution is 0.0783. The van der Waals surface area contributed by atoms with Crippen molar-refractivity contribution in [1.82, 2.24) is 25.0 Å². The number of hydrogen-bond donors (Lipinski definition) is 4. The molecular weight excluding hydrogens is 540 g/mol. The fourth-order valence-corrected chi connectivity index (χ4v) is 5.18. The molecule has 5 aromatic rings. The summed E-state index contributed by atoms with van der Waals surface area (Å²) < 4.78 is 1.68. The van der Waals surface area contributed by atoms with Crippen LogP contribution in [0.3, 0.4) is 0 Å². The van der Waals surface area contributed by atoms with Crippen molar-refractivity contribution in [2.24, 2.45) is 7.05 Å². The van der Waals surface area contributed by atoms with Gasteiger partial charge in [-0.25, -0.2) is 4.98 Å². The van der Waals surface area contributed by atoms with Crippen LogP contribution in [0.4, 0.5) is 22.9 Å². The average molecular weight is 573 g/mol. The Morgan fingerprint density at radius 1 is 0.837 bits per heavy atom. The molecule has 2 aromatic heterocycles. The van der Waals surface area contributed by atoms with Crippen LogP contribution in [-0.4, -0.2) is 50.6 Å². The molecule has 43 heavy (non-hydrogen) atoms. The number of anilines is 4. The maximum absolute atomic E-state index is 13.3. The van der Waals surface area contributed by atoms with Crippen molar-refractivity contribution in [2.75, 3.05) is 29.9 Å². The SMILES string of the molecule is Cn1cc(-c2cnc(N)c(C(=O)N[C@@H]3CCN(C(=O)c4ccc(-c5ccc(Nc6ccc(N)cc6)cc5)cc4)C3)c2)cn1. The number of nitrogens with one attached hydrogen (secondary N) is 2. The smallest absolute Gasteiger partial charge is 0.255 e. The summed E-state index contributed by atoms with van der Waals surface area (Å²) in [5, 5.41) is 10.6. The molecule has 0 spiro atoms. The molecule has 216 valence electrons. The predicted octanol–water partition coefficient (Wildman–Crippen LogP) is 4.70. The van der Waals surface area contributed by atoms with Gasteiger partial charge in [0.15, 0.2) is 0 Å². The normalized spacial score (nSPS) is 14.4. The number of nitrogens with two attached hydrogens (primary N) is 2. The molecule has 1 atom stereocenters. The third kappa shape index (κ3) is 6.18. The fourth-order valence-electron chi connectivity index (χ4n) is 5.18. The molecular formula is C33H32N8O2. The van der Waals surface area contributed by atoms with Gasteiger partial charge in [-0.2, -0.15) is 5.10 Å². The highest BCUT2D eigenvalue weighted by atomic mass is 16.2. The van der Waals surface area contributed by atoms with Crippen molar-refractivity contribution in [3.05, 3.63) is 109 Å².